The van der Waals surface area contributed by atoms with Gasteiger partial charge >= 0.3 is 5.97 Å². The van der Waals surface area contributed by atoms with Crippen LogP contribution in [0.5, 0.6) is 11.5 Å². The molecule has 0 saturated carbocycles. The zero-order chi connectivity index (χ0) is 27.8. The van der Waals surface area contributed by atoms with Crippen LogP contribution in [0.1, 0.15) is 58.6 Å². The topological polar surface area (TPSA) is 97.7 Å². The first-order chi connectivity index (χ1) is 19.0. The predicted molar refractivity (Wildman–Crippen MR) is 152 cm³/mol. The molecule has 8 heteroatoms. The number of esters is 1. The Balaban J connectivity index is 1.55. The molecule has 1 N–H and O–H groups in total. The number of amides is 1. The van der Waals surface area contributed by atoms with Gasteiger partial charge in [-0.05, 0) is 67.0 Å². The zero-order valence-electron chi connectivity index (χ0n) is 22.4. The van der Waals surface area contributed by atoms with Crippen LogP contribution in [-0.2, 0) is 29.0 Å². The van der Waals surface area contributed by atoms with Crippen molar-refractivity contribution in [1.29, 1.82) is 5.26 Å². The monoisotopic (exact) mass is 544 g/mol. The molecule has 0 spiro atoms. The summed E-state index contributed by atoms with van der Waals surface area (Å²) in [4.78, 5) is 27.1. The molecule has 0 fully saturated rings. The molecule has 1 atom stereocenters. The number of thiophene rings is 1. The maximum absolute atomic E-state index is 13.2. The third-order valence-corrected chi connectivity index (χ3v) is 7.92. The van der Waals surface area contributed by atoms with E-state index in [0.29, 0.717) is 40.2 Å². The third kappa shape index (κ3) is 6.68. The first kappa shape index (κ1) is 27.9. The molecule has 0 aliphatic heterocycles. The Bertz CT molecular complexity index is 1400. The summed E-state index contributed by atoms with van der Waals surface area (Å²) in [6.45, 7) is 4.54. The number of nitriles is 1. The number of carbonyl (C=O) groups is 2. The van der Waals surface area contributed by atoms with Crippen LogP contribution in [0, 0.1) is 17.2 Å². The van der Waals surface area contributed by atoms with Gasteiger partial charge in [0, 0.05) is 4.88 Å². The number of nitrogens with zero attached hydrogens (tertiary/aromatic N) is 1. The minimum Gasteiger partial charge on any atom is -0.493 e. The number of methoxy groups -OCH3 is 1. The van der Waals surface area contributed by atoms with Gasteiger partial charge < -0.3 is 19.5 Å². The van der Waals surface area contributed by atoms with E-state index in [4.69, 9.17) is 14.2 Å². The highest BCUT2D eigenvalue weighted by molar-refractivity contribution is 7.17. The summed E-state index contributed by atoms with van der Waals surface area (Å²) in [7, 11) is 1.54. The number of carbonyl (C=O) groups excluding carboxylic acids is 2. The highest BCUT2D eigenvalue weighted by Crippen LogP contribution is 2.41. The zero-order valence-corrected chi connectivity index (χ0v) is 23.2. The van der Waals surface area contributed by atoms with E-state index in [1.165, 1.54) is 24.5 Å². The molecule has 39 heavy (non-hydrogen) atoms. The molecule has 0 saturated heterocycles. The van der Waals surface area contributed by atoms with Crippen LogP contribution < -0.4 is 14.8 Å². The van der Waals surface area contributed by atoms with Gasteiger partial charge in [0.2, 0.25) is 0 Å². The maximum atomic E-state index is 13.2. The lowest BCUT2D eigenvalue weighted by molar-refractivity contribution is -0.112. The molecular formula is C31H32N2O5S. The number of ether oxygens (including phenoxy) is 3. The number of benzene rings is 2. The van der Waals surface area contributed by atoms with Crippen molar-refractivity contribution in [2.24, 2.45) is 5.92 Å². The average molecular weight is 545 g/mol. The SMILES string of the molecule is CCOC(=O)c1c(NC(=O)/C(C#N)=C/c2ccc(OCc3ccccc3)c(OC)c2)sc2c1CCC(CC)C2. The molecule has 2 aromatic carbocycles. The molecule has 1 amide bonds. The Labute approximate surface area is 233 Å². The fourth-order valence-electron chi connectivity index (χ4n) is 4.62. The first-order valence-electron chi connectivity index (χ1n) is 13.1. The van der Waals surface area contributed by atoms with Crippen molar-refractivity contribution in [3.05, 3.63) is 81.2 Å². The van der Waals surface area contributed by atoms with Crippen LogP contribution in [0.2, 0.25) is 0 Å². The molecule has 1 unspecified atom stereocenters. The Morgan fingerprint density at radius 1 is 1.15 bits per heavy atom. The molecule has 4 rings (SSSR count). The largest absolute Gasteiger partial charge is 0.493 e. The number of nitrogens with one attached hydrogen (secondary N) is 1. The molecular weight excluding hydrogens is 512 g/mol. The van der Waals surface area contributed by atoms with Crippen molar-refractivity contribution in [3.8, 4) is 17.6 Å². The third-order valence-electron chi connectivity index (χ3n) is 6.75. The second-order valence-electron chi connectivity index (χ2n) is 9.25. The van der Waals surface area contributed by atoms with Crippen LogP contribution >= 0.6 is 11.3 Å². The predicted octanol–water partition coefficient (Wildman–Crippen LogP) is 6.57. The van der Waals surface area contributed by atoms with Crippen molar-refractivity contribution in [1.82, 2.24) is 0 Å². The van der Waals surface area contributed by atoms with Crippen molar-refractivity contribution >= 4 is 34.3 Å². The number of rotatable bonds is 10. The average Bonchev–Trinajstić information content (AvgIpc) is 3.32. The summed E-state index contributed by atoms with van der Waals surface area (Å²) in [6.07, 6.45) is 5.19. The standard InChI is InChI=1S/C31H32N2O5S/c1-4-20-11-13-24-27(17-20)39-30(28(24)31(35)37-5-2)33-29(34)23(18-32)15-22-12-14-25(26(16-22)36-3)38-19-21-9-7-6-8-10-21/h6-10,12,14-16,20H,4-5,11,13,17,19H2,1-3H3,(H,33,34)/b23-15+. The van der Waals surface area contributed by atoms with E-state index in [1.54, 1.807) is 25.1 Å². The van der Waals surface area contributed by atoms with Crippen molar-refractivity contribution in [3.63, 3.8) is 0 Å². The van der Waals surface area contributed by atoms with Crippen molar-refractivity contribution < 1.29 is 23.8 Å². The van der Waals surface area contributed by atoms with Crippen LogP contribution in [0.25, 0.3) is 6.08 Å². The van der Waals surface area contributed by atoms with Gasteiger partial charge in [0.25, 0.3) is 5.91 Å². The van der Waals surface area contributed by atoms with Crippen LogP contribution in [0.3, 0.4) is 0 Å². The lowest BCUT2D eigenvalue weighted by Crippen LogP contribution is -2.17. The summed E-state index contributed by atoms with van der Waals surface area (Å²) in [6, 6.07) is 17.0. The van der Waals surface area contributed by atoms with E-state index in [1.807, 2.05) is 36.4 Å². The molecule has 1 aliphatic carbocycles. The van der Waals surface area contributed by atoms with Gasteiger partial charge in [0.15, 0.2) is 11.5 Å². The maximum Gasteiger partial charge on any atom is 0.341 e. The fourth-order valence-corrected chi connectivity index (χ4v) is 5.97. The fraction of sp³-hybridized carbons (Fsp3) is 0.323. The summed E-state index contributed by atoms with van der Waals surface area (Å²) in [5.41, 5.74) is 2.90. The van der Waals surface area contributed by atoms with Crippen molar-refractivity contribution in [2.75, 3.05) is 19.0 Å². The number of hydrogen-bond acceptors (Lipinski definition) is 7. The second-order valence-corrected chi connectivity index (χ2v) is 10.4. The Morgan fingerprint density at radius 3 is 2.64 bits per heavy atom. The smallest absolute Gasteiger partial charge is 0.341 e. The Kier molecular flexibility index (Phi) is 9.40. The summed E-state index contributed by atoms with van der Waals surface area (Å²) in [5, 5.41) is 13.1. The molecule has 1 aliphatic rings. The molecule has 1 aromatic heterocycles. The molecule has 0 radical (unpaired) electrons. The summed E-state index contributed by atoms with van der Waals surface area (Å²) >= 11 is 1.40. The van der Waals surface area contributed by atoms with Gasteiger partial charge in [-0.25, -0.2) is 4.79 Å². The lowest BCUT2D eigenvalue weighted by atomic mass is 9.85. The number of hydrogen-bond donors (Lipinski definition) is 1. The van der Waals surface area contributed by atoms with Gasteiger partial charge in [-0.3, -0.25) is 4.79 Å². The molecule has 202 valence electrons. The summed E-state index contributed by atoms with van der Waals surface area (Å²) in [5.74, 6) is 0.558. The normalized spacial score (nSPS) is 14.6. The number of anilines is 1. The number of fused-ring (bicyclic) bond motifs is 1. The van der Waals surface area contributed by atoms with Gasteiger partial charge in [-0.15, -0.1) is 11.3 Å². The summed E-state index contributed by atoms with van der Waals surface area (Å²) < 4.78 is 16.7. The quantitative estimate of drug-likeness (QED) is 0.176. The Hall–Kier alpha value is -4.09. The Morgan fingerprint density at radius 2 is 1.95 bits per heavy atom. The van der Waals surface area contributed by atoms with Gasteiger partial charge in [0.1, 0.15) is 23.3 Å². The second kappa shape index (κ2) is 13.1. The van der Waals surface area contributed by atoms with Crippen molar-refractivity contribution in [2.45, 2.75) is 46.1 Å². The minimum absolute atomic E-state index is 0.0948. The molecule has 3 aromatic rings. The van der Waals surface area contributed by atoms with E-state index in [2.05, 4.69) is 12.2 Å². The minimum atomic E-state index is -0.586. The van der Waals surface area contributed by atoms with Gasteiger partial charge in [-0.2, -0.15) is 5.26 Å². The van der Waals surface area contributed by atoms with E-state index in [0.717, 1.165) is 41.7 Å². The molecule has 1 heterocycles. The first-order valence-corrected chi connectivity index (χ1v) is 13.9. The van der Waals surface area contributed by atoms with E-state index in [9.17, 15) is 14.9 Å². The highest BCUT2D eigenvalue weighted by atomic mass is 32.1. The van der Waals surface area contributed by atoms with E-state index in [-0.39, 0.29) is 12.2 Å². The molecule has 0 bridgehead atoms. The van der Waals surface area contributed by atoms with E-state index >= 15 is 0 Å². The van der Waals surface area contributed by atoms with E-state index < -0.39 is 11.9 Å². The van der Waals surface area contributed by atoms with Crippen LogP contribution in [0.15, 0.2) is 54.1 Å². The molecule has 7 nitrogen and oxygen atoms in total. The van der Waals surface area contributed by atoms with Gasteiger partial charge in [0.05, 0.1) is 19.3 Å². The van der Waals surface area contributed by atoms with Crippen LogP contribution in [0.4, 0.5) is 5.00 Å². The van der Waals surface area contributed by atoms with Crippen LogP contribution in [-0.4, -0.2) is 25.6 Å². The van der Waals surface area contributed by atoms with Gasteiger partial charge in [-0.1, -0.05) is 49.7 Å². The highest BCUT2D eigenvalue weighted by Gasteiger charge is 2.30. The lowest BCUT2D eigenvalue weighted by Gasteiger charge is -2.20.